The highest BCUT2D eigenvalue weighted by Crippen LogP contribution is 2.34. The van der Waals surface area contributed by atoms with E-state index in [1.807, 2.05) is 13.0 Å². The molecule has 0 bridgehead atoms. The number of hydrogen-bond acceptors (Lipinski definition) is 1. The summed E-state index contributed by atoms with van der Waals surface area (Å²) in [5, 5.41) is 2.35. The molecule has 1 N–H and O–H groups in total. The summed E-state index contributed by atoms with van der Waals surface area (Å²) >= 11 is 0. The maximum atomic E-state index is 13.0. The van der Waals surface area contributed by atoms with E-state index in [4.69, 9.17) is 0 Å². The molecule has 0 heterocycles. The normalized spacial score (nSPS) is 11.2. The molecule has 0 unspecified atom stereocenters. The van der Waals surface area contributed by atoms with Gasteiger partial charge in [-0.05, 0) is 43.7 Å². The second-order valence-corrected chi connectivity index (χ2v) is 5.06. The minimum Gasteiger partial charge on any atom is -0.307 e. The minimum atomic E-state index is -4.52. The van der Waals surface area contributed by atoms with Crippen LogP contribution in [0.2, 0.25) is 0 Å². The second-order valence-electron chi connectivity index (χ2n) is 5.06. The lowest BCUT2D eigenvalue weighted by atomic mass is 10.1. The Morgan fingerprint density at radius 3 is 2.43 bits per heavy atom. The monoisotopic (exact) mass is 322 g/mol. The molecule has 0 fully saturated rings. The number of para-hydroxylation sites is 1. The maximum Gasteiger partial charge on any atom is 0.418 e. The molecular weight excluding hydrogens is 305 g/mol. The number of carbonyl (C=O) groups excluding carboxylic acids is 1. The molecule has 2 rings (SSSR count). The van der Waals surface area contributed by atoms with Gasteiger partial charge in [0.1, 0.15) is 0 Å². The number of anilines is 2. The third-order valence-corrected chi connectivity index (χ3v) is 3.35. The molecule has 2 aromatic rings. The Balaban J connectivity index is 2.28. The summed E-state index contributed by atoms with van der Waals surface area (Å²) in [5.41, 5.74) is 0.476. The highest BCUT2D eigenvalue weighted by Gasteiger charge is 2.33. The van der Waals surface area contributed by atoms with Gasteiger partial charge in [0.2, 0.25) is 0 Å². The predicted octanol–water partition coefficient (Wildman–Crippen LogP) is 5.07. The van der Waals surface area contributed by atoms with E-state index in [2.05, 4.69) is 5.32 Å². The zero-order valence-corrected chi connectivity index (χ0v) is 12.8. The Hall–Kier alpha value is -2.50. The molecule has 0 aliphatic rings. The van der Waals surface area contributed by atoms with E-state index in [0.717, 1.165) is 11.6 Å². The van der Waals surface area contributed by atoms with E-state index in [9.17, 15) is 18.0 Å². The van der Waals surface area contributed by atoms with Crippen molar-refractivity contribution in [2.24, 2.45) is 0 Å². The number of aryl methyl sites for hydroxylation is 1. The molecule has 0 aliphatic carbocycles. The van der Waals surface area contributed by atoms with Gasteiger partial charge in [0.15, 0.2) is 0 Å². The SMILES string of the molecule is CCN(C(=O)Nc1ccccc1C(F)(F)F)c1cccc(C)c1. The Kier molecular flexibility index (Phi) is 4.93. The standard InChI is InChI=1S/C17H17F3N2O/c1-3-22(13-8-6-7-12(2)11-13)16(23)21-15-10-5-4-9-14(15)17(18,19)20/h4-11H,3H2,1-2H3,(H,21,23). The van der Waals surface area contributed by atoms with Crippen molar-refractivity contribution in [3.63, 3.8) is 0 Å². The number of nitrogens with zero attached hydrogens (tertiary/aromatic N) is 1. The lowest BCUT2D eigenvalue weighted by Gasteiger charge is -2.23. The number of rotatable bonds is 3. The molecule has 0 spiro atoms. The van der Waals surface area contributed by atoms with E-state index in [0.29, 0.717) is 12.2 Å². The Morgan fingerprint density at radius 1 is 1.13 bits per heavy atom. The number of halogens is 3. The smallest absolute Gasteiger partial charge is 0.307 e. The van der Waals surface area contributed by atoms with Crippen molar-refractivity contribution in [3.05, 3.63) is 59.7 Å². The zero-order chi connectivity index (χ0) is 17.0. The summed E-state index contributed by atoms with van der Waals surface area (Å²) < 4.78 is 39.0. The van der Waals surface area contributed by atoms with Crippen molar-refractivity contribution in [2.75, 3.05) is 16.8 Å². The number of nitrogens with one attached hydrogen (secondary N) is 1. The van der Waals surface area contributed by atoms with Gasteiger partial charge in [0.05, 0.1) is 11.3 Å². The van der Waals surface area contributed by atoms with Crippen molar-refractivity contribution in [2.45, 2.75) is 20.0 Å². The highest BCUT2D eigenvalue weighted by molar-refractivity contribution is 6.02. The molecule has 0 aliphatic heterocycles. The van der Waals surface area contributed by atoms with Gasteiger partial charge in [0, 0.05) is 12.2 Å². The molecule has 0 atom stereocenters. The van der Waals surface area contributed by atoms with Crippen LogP contribution in [0, 0.1) is 6.92 Å². The van der Waals surface area contributed by atoms with Crippen molar-refractivity contribution in [1.29, 1.82) is 0 Å². The molecule has 122 valence electrons. The fourth-order valence-electron chi connectivity index (χ4n) is 2.26. The molecule has 6 heteroatoms. The van der Waals surface area contributed by atoms with E-state index < -0.39 is 17.8 Å². The second kappa shape index (κ2) is 6.73. The molecule has 0 aromatic heterocycles. The molecule has 0 saturated carbocycles. The van der Waals surface area contributed by atoms with Crippen LogP contribution in [0.15, 0.2) is 48.5 Å². The first-order chi connectivity index (χ1) is 10.8. The molecule has 2 aromatic carbocycles. The topological polar surface area (TPSA) is 32.3 Å². The summed E-state index contributed by atoms with van der Waals surface area (Å²) in [6.45, 7) is 3.98. The van der Waals surface area contributed by atoms with Gasteiger partial charge in [-0.15, -0.1) is 0 Å². The van der Waals surface area contributed by atoms with Gasteiger partial charge in [-0.25, -0.2) is 4.79 Å². The first-order valence-electron chi connectivity index (χ1n) is 7.14. The van der Waals surface area contributed by atoms with Crippen molar-refractivity contribution < 1.29 is 18.0 Å². The van der Waals surface area contributed by atoms with Crippen LogP contribution in [0.3, 0.4) is 0 Å². The van der Waals surface area contributed by atoms with E-state index in [1.165, 1.54) is 23.1 Å². The fraction of sp³-hybridized carbons (Fsp3) is 0.235. The largest absolute Gasteiger partial charge is 0.418 e. The van der Waals surface area contributed by atoms with Crippen LogP contribution >= 0.6 is 0 Å². The number of urea groups is 1. The number of alkyl halides is 3. The summed E-state index contributed by atoms with van der Waals surface area (Å²) in [5.74, 6) is 0. The molecule has 3 nitrogen and oxygen atoms in total. The molecule has 23 heavy (non-hydrogen) atoms. The van der Waals surface area contributed by atoms with Gasteiger partial charge in [0.25, 0.3) is 0 Å². The van der Waals surface area contributed by atoms with Crippen LogP contribution < -0.4 is 10.2 Å². The molecular formula is C17H17F3N2O. The number of benzene rings is 2. The third kappa shape index (κ3) is 4.03. The van der Waals surface area contributed by atoms with Crippen molar-refractivity contribution in [1.82, 2.24) is 0 Å². The lowest BCUT2D eigenvalue weighted by molar-refractivity contribution is -0.136. The molecule has 2 amide bonds. The van der Waals surface area contributed by atoms with E-state index >= 15 is 0 Å². The van der Waals surface area contributed by atoms with Crippen LogP contribution in [0.25, 0.3) is 0 Å². The van der Waals surface area contributed by atoms with Crippen molar-refractivity contribution in [3.8, 4) is 0 Å². The quantitative estimate of drug-likeness (QED) is 0.840. The van der Waals surface area contributed by atoms with E-state index in [1.54, 1.807) is 25.1 Å². The van der Waals surface area contributed by atoms with Gasteiger partial charge in [-0.1, -0.05) is 24.3 Å². The van der Waals surface area contributed by atoms with Crippen LogP contribution in [0.4, 0.5) is 29.3 Å². The zero-order valence-electron chi connectivity index (χ0n) is 12.8. The Labute approximate surface area is 132 Å². The van der Waals surface area contributed by atoms with Crippen molar-refractivity contribution >= 4 is 17.4 Å². The first-order valence-corrected chi connectivity index (χ1v) is 7.14. The summed E-state index contributed by atoms with van der Waals surface area (Å²) in [6, 6.07) is 11.5. The average Bonchev–Trinajstić information content (AvgIpc) is 2.47. The highest BCUT2D eigenvalue weighted by atomic mass is 19.4. The molecule has 0 saturated heterocycles. The lowest BCUT2D eigenvalue weighted by Crippen LogP contribution is -2.35. The van der Waals surface area contributed by atoms with Gasteiger partial charge < -0.3 is 5.32 Å². The van der Waals surface area contributed by atoms with Crippen LogP contribution in [0.1, 0.15) is 18.1 Å². The average molecular weight is 322 g/mol. The van der Waals surface area contributed by atoms with Crippen LogP contribution in [-0.2, 0) is 6.18 Å². The van der Waals surface area contributed by atoms with Crippen LogP contribution in [0.5, 0.6) is 0 Å². The number of carbonyl (C=O) groups is 1. The number of amides is 2. The minimum absolute atomic E-state index is 0.254. The van der Waals surface area contributed by atoms with Crippen LogP contribution in [-0.4, -0.2) is 12.6 Å². The first kappa shape index (κ1) is 16.9. The number of hydrogen-bond donors (Lipinski definition) is 1. The Morgan fingerprint density at radius 2 is 1.83 bits per heavy atom. The summed E-state index contributed by atoms with van der Waals surface area (Å²) in [6.07, 6.45) is -4.52. The summed E-state index contributed by atoms with van der Waals surface area (Å²) in [4.78, 5) is 13.8. The van der Waals surface area contributed by atoms with Gasteiger partial charge in [-0.3, -0.25) is 4.90 Å². The maximum absolute atomic E-state index is 13.0. The fourth-order valence-corrected chi connectivity index (χ4v) is 2.26. The molecule has 0 radical (unpaired) electrons. The van der Waals surface area contributed by atoms with Gasteiger partial charge in [-0.2, -0.15) is 13.2 Å². The Bertz CT molecular complexity index is 698. The van der Waals surface area contributed by atoms with Gasteiger partial charge >= 0.3 is 12.2 Å². The predicted molar refractivity (Wildman–Crippen MR) is 84.7 cm³/mol. The summed E-state index contributed by atoms with van der Waals surface area (Å²) in [7, 11) is 0. The third-order valence-electron chi connectivity index (χ3n) is 3.35. The van der Waals surface area contributed by atoms with E-state index in [-0.39, 0.29) is 5.69 Å².